The minimum atomic E-state index is -2.29. The van der Waals surface area contributed by atoms with Crippen molar-refractivity contribution in [2.45, 2.75) is 20.6 Å². The first kappa shape index (κ1) is 23.1. The van der Waals surface area contributed by atoms with E-state index in [1.54, 1.807) is 24.3 Å². The molecule has 7 aromatic rings. The Bertz CT molecular complexity index is 2590. The molecule has 2 aromatic heterocycles. The molecule has 2 aliphatic heterocycles. The maximum atomic E-state index is 7.76. The van der Waals surface area contributed by atoms with Crippen LogP contribution < -0.4 is 25.9 Å². The Labute approximate surface area is 313 Å². The van der Waals surface area contributed by atoms with Crippen molar-refractivity contribution in [2.24, 2.45) is 0 Å². The molecule has 0 spiro atoms. The first-order chi connectivity index (χ1) is 27.2. The van der Waals surface area contributed by atoms with Crippen LogP contribution >= 0.6 is 0 Å². The number of aryl methyl sites for hydroxylation is 3. The molecule has 239 valence electrons. The van der Waals surface area contributed by atoms with E-state index in [1.807, 2.05) is 72.8 Å². The van der Waals surface area contributed by atoms with Crippen LogP contribution in [-0.4, -0.2) is 16.7 Å². The summed E-state index contributed by atoms with van der Waals surface area (Å²) in [5.74, 6) is 2.95. The van der Waals surface area contributed by atoms with Crippen LogP contribution in [0.4, 0.5) is 0 Å². The molecule has 0 unspecified atom stereocenters. The molecule has 4 heterocycles. The second-order valence-electron chi connectivity index (χ2n) is 11.4. The van der Waals surface area contributed by atoms with Crippen molar-refractivity contribution in [2.75, 3.05) is 0 Å². The van der Waals surface area contributed by atoms with E-state index in [4.69, 9.17) is 21.8 Å². The summed E-state index contributed by atoms with van der Waals surface area (Å²) in [5, 5.41) is 0. The number of para-hydroxylation sites is 2. The molecule has 1 radical (unpaired) electrons. The molecule has 6 heteroatoms. The van der Waals surface area contributed by atoms with E-state index in [2.05, 4.69) is 34.2 Å². The number of benzene rings is 5. The van der Waals surface area contributed by atoms with Crippen molar-refractivity contribution < 1.29 is 41.9 Å². The van der Waals surface area contributed by atoms with Crippen LogP contribution in [0, 0.1) is 32.7 Å². The fourth-order valence-corrected chi connectivity index (χ4v) is 6.10. The Morgan fingerprint density at radius 3 is 2.04 bits per heavy atom. The first-order valence-corrected chi connectivity index (χ1v) is 15.3. The van der Waals surface area contributed by atoms with E-state index < -0.39 is 20.6 Å². The van der Waals surface area contributed by atoms with Gasteiger partial charge in [-0.1, -0.05) is 103 Å². The predicted octanol–water partition coefficient (Wildman–Crippen LogP) is 8.41. The van der Waals surface area contributed by atoms with E-state index in [0.717, 1.165) is 33.5 Å². The van der Waals surface area contributed by atoms with Crippen LogP contribution in [-0.2, 0) is 20.1 Å². The molecule has 4 nitrogen and oxygen atoms in total. The molecule has 9 rings (SSSR count). The first-order valence-electron chi connectivity index (χ1n) is 19.8. The fourth-order valence-electron chi connectivity index (χ4n) is 6.10. The summed E-state index contributed by atoms with van der Waals surface area (Å²) >= 11 is 0. The molecule has 0 fully saturated rings. The molecule has 5 aromatic carbocycles. The molecular weight excluding hydrogens is 780 g/mol. The zero-order valence-electron chi connectivity index (χ0n) is 34.8. The molecule has 2 aliphatic rings. The Kier molecular flexibility index (Phi) is 6.46. The van der Waals surface area contributed by atoms with E-state index >= 15 is 0 Å². The number of hydrogen-bond donors (Lipinski definition) is 0. The average molecular weight is 820 g/mol. The smallest absolute Gasteiger partial charge is 0.239 e. The normalized spacial score (nSPS) is 15.2. The van der Waals surface area contributed by atoms with Gasteiger partial charge in [-0.05, 0) is 70.4 Å². The molecular formula is C43H31BIrN2O2-2. The maximum Gasteiger partial charge on any atom is 0.239 e. The molecule has 0 bridgehead atoms. The predicted molar refractivity (Wildman–Crippen MR) is 194 cm³/mol. The quantitative estimate of drug-likeness (QED) is 0.133. The zero-order chi connectivity index (χ0) is 40.1. The third-order valence-electron chi connectivity index (χ3n) is 8.36. The van der Waals surface area contributed by atoms with Gasteiger partial charge in [-0.3, -0.25) is 0 Å². The molecule has 0 aliphatic carbocycles. The van der Waals surface area contributed by atoms with E-state index in [1.165, 1.54) is 24.5 Å². The number of ether oxygens (including phenoxy) is 2. The number of fused-ring (bicyclic) bond motifs is 4. The van der Waals surface area contributed by atoms with Gasteiger partial charge in [-0.15, -0.1) is 47.5 Å². The van der Waals surface area contributed by atoms with Crippen molar-refractivity contribution in [1.29, 1.82) is 0 Å². The van der Waals surface area contributed by atoms with Crippen LogP contribution in [0.1, 0.15) is 29.0 Å². The monoisotopic (exact) mass is 820 g/mol. The third-order valence-corrected chi connectivity index (χ3v) is 8.36. The van der Waals surface area contributed by atoms with Crippen LogP contribution in [0.3, 0.4) is 0 Å². The second-order valence-corrected chi connectivity index (χ2v) is 11.4. The maximum absolute atomic E-state index is 7.76. The van der Waals surface area contributed by atoms with Crippen molar-refractivity contribution in [3.05, 3.63) is 163 Å². The summed E-state index contributed by atoms with van der Waals surface area (Å²) < 4.78 is 80.8. The number of hydrogen-bond acceptors (Lipinski definition) is 4. The van der Waals surface area contributed by atoms with Gasteiger partial charge >= 0.3 is 0 Å². The largest absolute Gasteiger partial charge is 0.503 e. The second kappa shape index (κ2) is 13.7. The van der Waals surface area contributed by atoms with Crippen molar-refractivity contribution in [3.63, 3.8) is 0 Å². The van der Waals surface area contributed by atoms with Crippen LogP contribution in [0.2, 0.25) is 0 Å². The van der Waals surface area contributed by atoms with Crippen LogP contribution in [0.15, 0.2) is 134 Å². The van der Waals surface area contributed by atoms with Crippen LogP contribution in [0.25, 0.3) is 33.6 Å². The van der Waals surface area contributed by atoms with Crippen LogP contribution in [0.5, 0.6) is 23.0 Å². The van der Waals surface area contributed by atoms with Gasteiger partial charge in [0, 0.05) is 56.3 Å². The summed E-state index contributed by atoms with van der Waals surface area (Å²) in [6.45, 7) is -6.71. The molecule has 0 N–H and O–H groups in total. The SMILES string of the molecule is [2H]C([2H])([2H])c1c[c-]c(-c2cc(-c3ccccc3)c(C([2H])([2H])[2H])cn2)cc1.[2H]C([2H])([2H])c1ccc(-c2[c-]cc3c4c2Oc2ccccc2B4c2ccccc2O3)nc1.[Ir]. The van der Waals surface area contributed by atoms with E-state index in [-0.39, 0.29) is 43.5 Å². The zero-order valence-corrected chi connectivity index (χ0v) is 28.2. The van der Waals surface area contributed by atoms with Gasteiger partial charge in [0.25, 0.3) is 0 Å². The average Bonchev–Trinajstić information content (AvgIpc) is 3.20. The van der Waals surface area contributed by atoms with Gasteiger partial charge in [0.1, 0.15) is 11.5 Å². The molecule has 49 heavy (non-hydrogen) atoms. The summed E-state index contributed by atoms with van der Waals surface area (Å²) in [4.78, 5) is 8.67. The number of pyridine rings is 2. The van der Waals surface area contributed by atoms with Gasteiger partial charge in [-0.25, -0.2) is 0 Å². The summed E-state index contributed by atoms with van der Waals surface area (Å²) in [5.41, 5.74) is 7.43. The minimum Gasteiger partial charge on any atom is -0.503 e. The summed E-state index contributed by atoms with van der Waals surface area (Å²) in [6, 6.07) is 42.8. The Balaban J connectivity index is 0.000000177. The van der Waals surface area contributed by atoms with Gasteiger partial charge in [-0.2, -0.15) is 0 Å². The molecule has 0 saturated heterocycles. The van der Waals surface area contributed by atoms with Gasteiger partial charge in [0.05, 0.1) is 0 Å². The van der Waals surface area contributed by atoms with E-state index in [9.17, 15) is 0 Å². The third kappa shape index (κ3) is 6.22. The van der Waals surface area contributed by atoms with Gasteiger partial charge in [0.15, 0.2) is 0 Å². The van der Waals surface area contributed by atoms with Gasteiger partial charge < -0.3 is 19.4 Å². The van der Waals surface area contributed by atoms with Crippen molar-refractivity contribution in [3.8, 4) is 56.6 Å². The summed E-state index contributed by atoms with van der Waals surface area (Å²) in [7, 11) is 0. The summed E-state index contributed by atoms with van der Waals surface area (Å²) in [6.07, 6.45) is 2.75. The number of rotatable bonds is 3. The van der Waals surface area contributed by atoms with Gasteiger partial charge in [0.2, 0.25) is 6.71 Å². The van der Waals surface area contributed by atoms with Crippen molar-refractivity contribution in [1.82, 2.24) is 9.97 Å². The van der Waals surface area contributed by atoms with E-state index in [0.29, 0.717) is 39.6 Å². The number of aromatic nitrogens is 2. The Morgan fingerprint density at radius 2 is 1.35 bits per heavy atom. The number of nitrogens with zero attached hydrogens (tertiary/aromatic N) is 2. The fraction of sp³-hybridized carbons (Fsp3) is 0.0698. The minimum absolute atomic E-state index is 0. The Morgan fingerprint density at radius 1 is 0.633 bits per heavy atom. The topological polar surface area (TPSA) is 44.2 Å². The molecule has 0 atom stereocenters. The molecule has 0 amide bonds. The van der Waals surface area contributed by atoms with Crippen molar-refractivity contribution >= 4 is 23.1 Å². The molecule has 0 saturated carbocycles. The Hall–Kier alpha value is -5.29. The standard InChI is InChI=1S/C24H15BNO2.C19H16N.Ir/c1-15-10-12-19(26-14-15)16-11-13-22-23-24(16)28-21-9-5-3-7-18(21)25(23)17-6-2-4-8-20(17)27-22;1-14-8-10-17(11-9-14)19-12-18(15(2)13-20-19)16-6-4-3-5-7-16;/h2-10,12-14H,1H3;3-10,12-13H,1-2H3;/q2*-1;/i1D3;1D3,2D3;.